The molecule has 1 aromatic heterocycles. The molecule has 0 fully saturated rings. The van der Waals surface area contributed by atoms with E-state index in [4.69, 9.17) is 19.5 Å². The van der Waals surface area contributed by atoms with Gasteiger partial charge in [-0.1, -0.05) is 126 Å². The van der Waals surface area contributed by atoms with Crippen LogP contribution in [0.25, 0.3) is 0 Å². The number of aliphatic imine (C=N–C) groups is 1. The Morgan fingerprint density at radius 1 is 0.692 bits per heavy atom. The first-order valence-electron chi connectivity index (χ1n) is 18.1. The summed E-state index contributed by atoms with van der Waals surface area (Å²) in [4.78, 5) is 12.4. The molecule has 2 aliphatic heterocycles. The van der Waals surface area contributed by atoms with Crippen molar-refractivity contribution in [3.63, 3.8) is 0 Å². The molecule has 0 radical (unpaired) electrons. The third kappa shape index (κ3) is 5.94. The first-order valence-corrected chi connectivity index (χ1v) is 18.1. The molecule has 2 atom stereocenters. The minimum absolute atomic E-state index is 0.0176. The lowest BCUT2D eigenvalue weighted by Gasteiger charge is -2.41. The van der Waals surface area contributed by atoms with Crippen LogP contribution in [-0.4, -0.2) is 10.9 Å². The Morgan fingerprint density at radius 3 is 2.10 bits per heavy atom. The number of rotatable bonds is 6. The number of anilines is 3. The molecule has 0 amide bonds. The molecular weight excluding hydrogens is 639 g/mol. The van der Waals surface area contributed by atoms with Gasteiger partial charge in [0, 0.05) is 23.2 Å². The van der Waals surface area contributed by atoms with Gasteiger partial charge in [0.2, 0.25) is 5.90 Å². The van der Waals surface area contributed by atoms with Gasteiger partial charge in [-0.15, -0.1) is 0 Å². The predicted molar refractivity (Wildman–Crippen MR) is 212 cm³/mol. The molecule has 260 valence electrons. The predicted octanol–water partition coefficient (Wildman–Crippen LogP) is 12.2. The molecule has 6 aromatic rings. The number of para-hydroxylation sites is 1. The highest BCUT2D eigenvalue weighted by Gasteiger charge is 2.38. The van der Waals surface area contributed by atoms with Crippen LogP contribution in [0.4, 0.5) is 17.2 Å². The normalized spacial score (nSPS) is 17.5. The number of hydrogen-bond donors (Lipinski definition) is 0. The fourth-order valence-corrected chi connectivity index (χ4v) is 7.65. The fraction of sp³-hybridized carbons (Fsp3) is 0.234. The van der Waals surface area contributed by atoms with E-state index in [1.54, 1.807) is 0 Å². The van der Waals surface area contributed by atoms with Gasteiger partial charge in [0.05, 0.1) is 11.4 Å². The van der Waals surface area contributed by atoms with Crippen molar-refractivity contribution in [3.05, 3.63) is 178 Å². The summed E-state index contributed by atoms with van der Waals surface area (Å²) in [5.41, 5.74) is 10.9. The molecule has 8 rings (SSSR count). The number of aromatic nitrogens is 1. The van der Waals surface area contributed by atoms with E-state index >= 15 is 0 Å². The molecule has 0 N–H and O–H groups in total. The Bertz CT molecular complexity index is 2300. The molecule has 5 aromatic carbocycles. The summed E-state index contributed by atoms with van der Waals surface area (Å²) in [5, 5.41) is 0. The Hall–Kier alpha value is -5.68. The summed E-state index contributed by atoms with van der Waals surface area (Å²) < 4.78 is 13.5. The van der Waals surface area contributed by atoms with Crippen LogP contribution in [0.5, 0.6) is 11.5 Å². The van der Waals surface area contributed by atoms with Gasteiger partial charge >= 0.3 is 0 Å². The Morgan fingerprint density at radius 2 is 1.37 bits per heavy atom. The summed E-state index contributed by atoms with van der Waals surface area (Å²) in [7, 11) is 0. The number of nitrogens with zero attached hydrogens (tertiary/aromatic N) is 3. The minimum atomic E-state index is -0.230. The van der Waals surface area contributed by atoms with E-state index in [9.17, 15) is 0 Å². The molecule has 0 saturated heterocycles. The van der Waals surface area contributed by atoms with E-state index in [1.807, 2.05) is 18.3 Å². The van der Waals surface area contributed by atoms with Gasteiger partial charge in [-0.2, -0.15) is 0 Å². The van der Waals surface area contributed by atoms with E-state index in [0.717, 1.165) is 56.5 Å². The molecule has 5 heteroatoms. The zero-order chi connectivity index (χ0) is 36.2. The molecule has 0 bridgehead atoms. The van der Waals surface area contributed by atoms with E-state index in [2.05, 4.69) is 169 Å². The highest BCUT2D eigenvalue weighted by Crippen LogP contribution is 2.53. The topological polar surface area (TPSA) is 47.0 Å². The van der Waals surface area contributed by atoms with E-state index in [0.29, 0.717) is 5.90 Å². The second kappa shape index (κ2) is 12.8. The number of ether oxygens (including phenoxy) is 2. The third-order valence-corrected chi connectivity index (χ3v) is 10.6. The lowest BCUT2D eigenvalue weighted by Crippen LogP contribution is -2.31. The van der Waals surface area contributed by atoms with Crippen LogP contribution >= 0.6 is 0 Å². The highest BCUT2D eigenvalue weighted by molar-refractivity contribution is 5.97. The SMILES string of the molecule is Cc1cc(C)c(C2=N[C@H](c3ccccc3)[C@@H](c3ccccc3)O2)cc1Oc1ccc2c(c1)N(c1cc(C(C)(C)C)ccn1)c1ccccc1C2(C)C. The summed E-state index contributed by atoms with van der Waals surface area (Å²) in [6.45, 7) is 15.5. The molecule has 5 nitrogen and oxygen atoms in total. The summed E-state index contributed by atoms with van der Waals surface area (Å²) in [6, 6.07) is 44.3. The molecule has 52 heavy (non-hydrogen) atoms. The molecule has 0 saturated carbocycles. The van der Waals surface area contributed by atoms with Crippen LogP contribution in [0.15, 0.2) is 139 Å². The fourth-order valence-electron chi connectivity index (χ4n) is 7.65. The first kappa shape index (κ1) is 33.5. The van der Waals surface area contributed by atoms with E-state index in [1.165, 1.54) is 16.7 Å². The number of hydrogen-bond acceptors (Lipinski definition) is 5. The second-order valence-corrected chi connectivity index (χ2v) is 15.6. The van der Waals surface area contributed by atoms with Crippen molar-refractivity contribution in [3.8, 4) is 11.5 Å². The zero-order valence-corrected chi connectivity index (χ0v) is 31.0. The number of aryl methyl sites for hydroxylation is 2. The monoisotopic (exact) mass is 683 g/mol. The summed E-state index contributed by atoms with van der Waals surface area (Å²) in [6.07, 6.45) is 1.69. The molecule has 0 aliphatic carbocycles. The third-order valence-electron chi connectivity index (χ3n) is 10.6. The van der Waals surface area contributed by atoms with Crippen LogP contribution < -0.4 is 9.64 Å². The van der Waals surface area contributed by atoms with Crippen LogP contribution in [0.3, 0.4) is 0 Å². The average molecular weight is 684 g/mol. The average Bonchev–Trinajstić information content (AvgIpc) is 3.59. The maximum atomic E-state index is 6.81. The smallest absolute Gasteiger partial charge is 0.217 e. The molecule has 3 heterocycles. The largest absolute Gasteiger partial charge is 0.467 e. The van der Waals surface area contributed by atoms with E-state index < -0.39 is 0 Å². The molecular formula is C47H45N3O2. The van der Waals surface area contributed by atoms with Crippen LogP contribution in [0.2, 0.25) is 0 Å². The minimum Gasteiger partial charge on any atom is -0.467 e. The quantitative estimate of drug-likeness (QED) is 0.175. The standard InChI is InChI=1S/C47H45N3O2/c1-30-26-31(2)41(29-36(30)45-49-43(32-16-10-8-11-17-32)44(52-45)33-18-12-9-13-19-33)51-35-22-23-38-40(28-35)50(39-21-15-14-20-37(39)47(38,6)7)42-27-34(24-25-48-42)46(3,4)5/h8-29,43-44H,1-7H3/t43-,44-/m1/s1. The van der Waals surface area contributed by atoms with E-state index in [-0.39, 0.29) is 23.0 Å². The van der Waals surface area contributed by atoms with Gasteiger partial charge < -0.3 is 9.47 Å². The second-order valence-electron chi connectivity index (χ2n) is 15.6. The van der Waals surface area contributed by atoms with Gasteiger partial charge in [-0.25, -0.2) is 9.98 Å². The van der Waals surface area contributed by atoms with Crippen molar-refractivity contribution in [2.45, 2.75) is 71.4 Å². The Kier molecular flexibility index (Phi) is 8.25. The van der Waals surface area contributed by atoms with Crippen molar-refractivity contribution >= 4 is 23.1 Å². The maximum Gasteiger partial charge on any atom is 0.217 e. The van der Waals surface area contributed by atoms with Crippen molar-refractivity contribution in [1.82, 2.24) is 4.98 Å². The first-order chi connectivity index (χ1) is 25.0. The van der Waals surface area contributed by atoms with Gasteiger partial charge in [0.25, 0.3) is 0 Å². The number of pyridine rings is 1. The van der Waals surface area contributed by atoms with Crippen LogP contribution in [0.1, 0.15) is 91.3 Å². The highest BCUT2D eigenvalue weighted by atomic mass is 16.5. The number of fused-ring (bicyclic) bond motifs is 2. The van der Waals surface area contributed by atoms with Crippen LogP contribution in [0, 0.1) is 13.8 Å². The summed E-state index contributed by atoms with van der Waals surface area (Å²) in [5.74, 6) is 3.04. The maximum absolute atomic E-state index is 6.81. The lowest BCUT2D eigenvalue weighted by molar-refractivity contribution is 0.197. The molecule has 0 unspecified atom stereocenters. The molecule has 0 spiro atoms. The Labute approximate surface area is 307 Å². The van der Waals surface area contributed by atoms with Gasteiger partial charge in [0.15, 0.2) is 6.10 Å². The van der Waals surface area contributed by atoms with Crippen molar-refractivity contribution < 1.29 is 9.47 Å². The van der Waals surface area contributed by atoms with Gasteiger partial charge in [-0.05, 0) is 88.5 Å². The van der Waals surface area contributed by atoms with Crippen molar-refractivity contribution in [2.75, 3.05) is 4.90 Å². The zero-order valence-electron chi connectivity index (χ0n) is 31.0. The molecule has 2 aliphatic rings. The Balaban J connectivity index is 1.19. The van der Waals surface area contributed by atoms with Crippen LogP contribution in [-0.2, 0) is 15.6 Å². The van der Waals surface area contributed by atoms with Crippen molar-refractivity contribution in [1.29, 1.82) is 0 Å². The van der Waals surface area contributed by atoms with Gasteiger partial charge in [-0.3, -0.25) is 4.90 Å². The number of benzene rings is 5. The summed E-state index contributed by atoms with van der Waals surface area (Å²) >= 11 is 0. The van der Waals surface area contributed by atoms with Gasteiger partial charge in [0.1, 0.15) is 23.4 Å². The van der Waals surface area contributed by atoms with Crippen molar-refractivity contribution in [2.24, 2.45) is 4.99 Å². The lowest BCUT2D eigenvalue weighted by atomic mass is 9.73.